The van der Waals surface area contributed by atoms with Gasteiger partial charge in [0.25, 0.3) is 0 Å². The van der Waals surface area contributed by atoms with Crippen LogP contribution in [0.25, 0.3) is 10.2 Å². The molecule has 0 amide bonds. The summed E-state index contributed by atoms with van der Waals surface area (Å²) in [6.45, 7) is 11.2. The van der Waals surface area contributed by atoms with Gasteiger partial charge in [-0.05, 0) is 39.3 Å². The number of carbonyl (C=O) groups excluding carboxylic acids is 1. The van der Waals surface area contributed by atoms with Crippen LogP contribution in [0, 0.1) is 0 Å². The van der Waals surface area contributed by atoms with Gasteiger partial charge in [0.05, 0.1) is 40.7 Å². The third-order valence-corrected chi connectivity index (χ3v) is 7.95. The maximum absolute atomic E-state index is 12.9. The number of hydrogen-bond acceptors (Lipinski definition) is 8. The van der Waals surface area contributed by atoms with Gasteiger partial charge in [0.1, 0.15) is 0 Å². The number of rotatable bonds is 7. The van der Waals surface area contributed by atoms with Crippen LogP contribution >= 0.6 is 11.3 Å². The minimum atomic E-state index is -3.64. The normalized spacial score (nSPS) is 21.7. The molecular formula is C22H33NO6S2. The summed E-state index contributed by atoms with van der Waals surface area (Å²) in [6, 6.07) is 7.31. The monoisotopic (exact) mass is 471 g/mol. The fourth-order valence-corrected chi connectivity index (χ4v) is 6.04. The van der Waals surface area contributed by atoms with Crippen molar-refractivity contribution in [3.63, 3.8) is 0 Å². The standard InChI is InChI=1S/C20H27NO6S2.C2H6/c1-5-13(2)25-18(22)11-14-10-15(27-20(3,4)26-14)12-29(23,24)19-21-16-8-6-7-9-17(16)28-19;1-2/h6-9,13-15H,5,10-12H2,1-4H3;1-2H3/t13?,14-,15+;/m1./s1. The van der Waals surface area contributed by atoms with Gasteiger partial charge < -0.3 is 14.2 Å². The number of carbonyl (C=O) groups is 1. The third-order valence-electron chi connectivity index (χ3n) is 4.67. The molecule has 31 heavy (non-hydrogen) atoms. The van der Waals surface area contributed by atoms with Crippen molar-refractivity contribution in [3.8, 4) is 0 Å². The molecule has 1 unspecified atom stereocenters. The van der Waals surface area contributed by atoms with Crippen molar-refractivity contribution in [2.45, 2.75) is 89.2 Å². The summed E-state index contributed by atoms with van der Waals surface area (Å²) >= 11 is 1.15. The second-order valence-electron chi connectivity index (χ2n) is 7.76. The molecule has 9 heteroatoms. The Labute approximate surface area is 189 Å². The number of sulfone groups is 1. The zero-order valence-electron chi connectivity index (χ0n) is 19.1. The zero-order chi connectivity index (χ0) is 23.2. The highest BCUT2D eigenvalue weighted by Crippen LogP contribution is 2.32. The predicted molar refractivity (Wildman–Crippen MR) is 122 cm³/mol. The number of nitrogens with zero attached hydrogens (tertiary/aromatic N) is 1. The molecule has 1 saturated heterocycles. The van der Waals surface area contributed by atoms with Crippen molar-refractivity contribution < 1.29 is 27.4 Å². The van der Waals surface area contributed by atoms with Crippen molar-refractivity contribution in [1.82, 2.24) is 4.98 Å². The summed E-state index contributed by atoms with van der Waals surface area (Å²) in [5.41, 5.74) is 0.662. The van der Waals surface area contributed by atoms with Gasteiger partial charge in [-0.25, -0.2) is 13.4 Å². The Morgan fingerprint density at radius 2 is 1.90 bits per heavy atom. The van der Waals surface area contributed by atoms with Crippen molar-refractivity contribution in [2.75, 3.05) is 5.75 Å². The molecule has 2 aromatic rings. The topological polar surface area (TPSA) is 91.8 Å². The number of hydrogen-bond donors (Lipinski definition) is 0. The fourth-order valence-electron chi connectivity index (χ4n) is 3.29. The smallest absolute Gasteiger partial charge is 0.308 e. The van der Waals surface area contributed by atoms with Crippen molar-refractivity contribution in [1.29, 1.82) is 0 Å². The van der Waals surface area contributed by atoms with Crippen LogP contribution in [0.1, 0.15) is 60.8 Å². The molecule has 1 fully saturated rings. The summed E-state index contributed by atoms with van der Waals surface area (Å²) in [4.78, 5) is 16.4. The summed E-state index contributed by atoms with van der Waals surface area (Å²) in [5, 5.41) is 0. The van der Waals surface area contributed by atoms with Gasteiger partial charge in [-0.3, -0.25) is 4.79 Å². The average molecular weight is 472 g/mol. The Kier molecular flexibility index (Phi) is 9.00. The van der Waals surface area contributed by atoms with Gasteiger partial charge >= 0.3 is 5.97 Å². The molecule has 7 nitrogen and oxygen atoms in total. The first kappa shape index (κ1) is 25.7. The van der Waals surface area contributed by atoms with Crippen LogP contribution < -0.4 is 0 Å². The first-order chi connectivity index (χ1) is 14.6. The lowest BCUT2D eigenvalue weighted by Crippen LogP contribution is -2.47. The Balaban J connectivity index is 0.00000166. The molecule has 1 aromatic carbocycles. The molecule has 1 aliphatic heterocycles. The Hall–Kier alpha value is -1.55. The van der Waals surface area contributed by atoms with E-state index < -0.39 is 27.8 Å². The predicted octanol–water partition coefficient (Wildman–Crippen LogP) is 4.74. The van der Waals surface area contributed by atoms with E-state index in [1.807, 2.05) is 45.9 Å². The molecule has 0 bridgehead atoms. The summed E-state index contributed by atoms with van der Waals surface area (Å²) in [7, 11) is -3.64. The van der Waals surface area contributed by atoms with Crippen LogP contribution in [0.3, 0.4) is 0 Å². The number of fused-ring (bicyclic) bond motifs is 1. The van der Waals surface area contributed by atoms with Crippen LogP contribution in [0.2, 0.25) is 0 Å². The second kappa shape index (κ2) is 10.8. The molecule has 1 aromatic heterocycles. The number of benzene rings is 1. The third kappa shape index (κ3) is 7.24. The molecule has 174 valence electrons. The maximum Gasteiger partial charge on any atom is 0.308 e. The number of para-hydroxylation sites is 1. The van der Waals surface area contributed by atoms with E-state index in [0.717, 1.165) is 22.5 Å². The number of esters is 1. The summed E-state index contributed by atoms with van der Waals surface area (Å²) in [6.07, 6.45) is -0.138. The Morgan fingerprint density at radius 3 is 2.55 bits per heavy atom. The van der Waals surface area contributed by atoms with Gasteiger partial charge in [0, 0.05) is 6.42 Å². The number of ether oxygens (including phenoxy) is 3. The lowest BCUT2D eigenvalue weighted by Gasteiger charge is -2.40. The van der Waals surface area contributed by atoms with Crippen molar-refractivity contribution in [3.05, 3.63) is 24.3 Å². The van der Waals surface area contributed by atoms with Crippen molar-refractivity contribution in [2.24, 2.45) is 0 Å². The minimum absolute atomic E-state index is 0.0643. The van der Waals surface area contributed by atoms with Gasteiger partial charge in [-0.1, -0.05) is 32.9 Å². The lowest BCUT2D eigenvalue weighted by molar-refractivity contribution is -0.295. The highest BCUT2D eigenvalue weighted by Gasteiger charge is 2.39. The van der Waals surface area contributed by atoms with E-state index in [0.29, 0.717) is 11.9 Å². The number of thiazole rings is 1. The molecule has 3 atom stereocenters. The molecule has 0 aliphatic carbocycles. The van der Waals surface area contributed by atoms with Crippen LogP contribution in [0.5, 0.6) is 0 Å². The molecule has 0 N–H and O–H groups in total. The fraction of sp³-hybridized carbons (Fsp3) is 0.636. The molecule has 0 spiro atoms. The quantitative estimate of drug-likeness (QED) is 0.539. The highest BCUT2D eigenvalue weighted by atomic mass is 32.2. The molecule has 0 radical (unpaired) electrons. The number of aromatic nitrogens is 1. The van der Waals surface area contributed by atoms with Gasteiger partial charge in [0.2, 0.25) is 14.2 Å². The van der Waals surface area contributed by atoms with Gasteiger partial charge in [-0.15, -0.1) is 11.3 Å². The first-order valence-electron chi connectivity index (χ1n) is 10.7. The van der Waals surface area contributed by atoms with Crippen LogP contribution in [0.4, 0.5) is 0 Å². The Bertz CT molecular complexity index is 936. The van der Waals surface area contributed by atoms with Crippen LogP contribution in [0.15, 0.2) is 28.6 Å². The zero-order valence-corrected chi connectivity index (χ0v) is 20.7. The second-order valence-corrected chi connectivity index (χ2v) is 11.0. The maximum atomic E-state index is 12.9. The first-order valence-corrected chi connectivity index (χ1v) is 13.2. The largest absolute Gasteiger partial charge is 0.463 e. The van der Waals surface area contributed by atoms with E-state index in [-0.39, 0.29) is 28.6 Å². The lowest BCUT2D eigenvalue weighted by atomic mass is 10.1. The summed E-state index contributed by atoms with van der Waals surface area (Å²) < 4.78 is 43.8. The minimum Gasteiger partial charge on any atom is -0.463 e. The van der Waals surface area contributed by atoms with Gasteiger partial charge in [0.15, 0.2) is 5.79 Å². The van der Waals surface area contributed by atoms with E-state index in [2.05, 4.69) is 4.98 Å². The average Bonchev–Trinajstić information content (AvgIpc) is 3.13. The van der Waals surface area contributed by atoms with E-state index in [9.17, 15) is 13.2 Å². The van der Waals surface area contributed by atoms with Crippen molar-refractivity contribution >= 4 is 37.4 Å². The summed E-state index contributed by atoms with van der Waals surface area (Å²) in [5.74, 6) is -1.56. The van der Waals surface area contributed by atoms with E-state index in [4.69, 9.17) is 14.2 Å². The SMILES string of the molecule is CC.CCC(C)OC(=O)C[C@H]1C[C@@H](CS(=O)(=O)c2nc3ccccc3s2)OC(C)(C)O1. The van der Waals surface area contributed by atoms with Crippen LogP contribution in [-0.2, 0) is 28.8 Å². The van der Waals surface area contributed by atoms with Gasteiger partial charge in [-0.2, -0.15) is 0 Å². The highest BCUT2D eigenvalue weighted by molar-refractivity contribution is 7.93. The van der Waals surface area contributed by atoms with E-state index in [1.165, 1.54) is 0 Å². The molecule has 0 saturated carbocycles. The Morgan fingerprint density at radius 1 is 1.26 bits per heavy atom. The molecule has 1 aliphatic rings. The van der Waals surface area contributed by atoms with E-state index >= 15 is 0 Å². The van der Waals surface area contributed by atoms with E-state index in [1.54, 1.807) is 19.9 Å². The molecule has 2 heterocycles. The molecule has 3 rings (SSSR count). The van der Waals surface area contributed by atoms with Crippen LogP contribution in [-0.4, -0.2) is 49.2 Å². The molecular weight excluding hydrogens is 438 g/mol.